The summed E-state index contributed by atoms with van der Waals surface area (Å²) in [5.74, 6) is -1.64. The van der Waals surface area contributed by atoms with E-state index in [0.29, 0.717) is 31.7 Å². The summed E-state index contributed by atoms with van der Waals surface area (Å²) >= 11 is 5.77. The molecular formula is C17H22ClFN2O4. The van der Waals surface area contributed by atoms with E-state index < -0.39 is 29.5 Å². The molecule has 8 heteroatoms. The molecule has 1 aromatic rings. The van der Waals surface area contributed by atoms with Crippen molar-refractivity contribution >= 4 is 23.7 Å². The average Bonchev–Trinajstić information content (AvgIpc) is 2.49. The van der Waals surface area contributed by atoms with Gasteiger partial charge in [-0.1, -0.05) is 17.7 Å². The molecule has 1 atom stereocenters. The Bertz CT molecular complexity index is 655. The van der Waals surface area contributed by atoms with Gasteiger partial charge in [-0.05, 0) is 38.5 Å². The number of hydrogen-bond acceptors (Lipinski definition) is 4. The number of carboxylic acids is 1. The molecule has 1 saturated heterocycles. The van der Waals surface area contributed by atoms with Crippen molar-refractivity contribution in [3.05, 3.63) is 34.6 Å². The van der Waals surface area contributed by atoms with Gasteiger partial charge in [0, 0.05) is 26.2 Å². The van der Waals surface area contributed by atoms with Crippen molar-refractivity contribution in [2.45, 2.75) is 32.4 Å². The van der Waals surface area contributed by atoms with E-state index in [1.54, 1.807) is 30.6 Å². The highest BCUT2D eigenvalue weighted by atomic mass is 35.5. The summed E-state index contributed by atoms with van der Waals surface area (Å²) in [6.07, 6.45) is -0.413. The van der Waals surface area contributed by atoms with Gasteiger partial charge in [-0.15, -0.1) is 0 Å². The van der Waals surface area contributed by atoms with Gasteiger partial charge in [0.25, 0.3) is 0 Å². The van der Waals surface area contributed by atoms with Crippen LogP contribution >= 0.6 is 11.6 Å². The molecule has 6 nitrogen and oxygen atoms in total. The van der Waals surface area contributed by atoms with Crippen LogP contribution in [0.5, 0.6) is 0 Å². The standard InChI is InChI=1S/C17H22ClFN2O4/c1-17(2,3)25-16(24)21-8-6-20(7-9-21)14(15(22)23)11-4-5-13(19)12(18)10-11/h4-5,10,14H,6-9H2,1-3H3,(H,22,23). The normalized spacial score (nSPS) is 17.2. The SMILES string of the molecule is CC(C)(C)OC(=O)N1CCN(C(C(=O)O)c2ccc(F)c(Cl)c2)CC1. The predicted molar refractivity (Wildman–Crippen MR) is 91.2 cm³/mol. The summed E-state index contributed by atoms with van der Waals surface area (Å²) in [5, 5.41) is 9.47. The zero-order valence-electron chi connectivity index (χ0n) is 14.5. The van der Waals surface area contributed by atoms with Crippen molar-refractivity contribution in [2.24, 2.45) is 0 Å². The van der Waals surface area contributed by atoms with Crippen LogP contribution in [0.25, 0.3) is 0 Å². The Balaban J connectivity index is 2.07. The van der Waals surface area contributed by atoms with Gasteiger partial charge in [-0.2, -0.15) is 0 Å². The van der Waals surface area contributed by atoms with Crippen LogP contribution in [0.3, 0.4) is 0 Å². The Kier molecular flexibility index (Phi) is 5.90. The lowest BCUT2D eigenvalue weighted by Crippen LogP contribution is -2.52. The highest BCUT2D eigenvalue weighted by Gasteiger charge is 2.33. The largest absolute Gasteiger partial charge is 0.480 e. The highest BCUT2D eigenvalue weighted by Crippen LogP contribution is 2.27. The van der Waals surface area contributed by atoms with Crippen LogP contribution in [0.2, 0.25) is 5.02 Å². The molecule has 2 rings (SSSR count). The molecule has 1 heterocycles. The maximum Gasteiger partial charge on any atom is 0.410 e. The number of carbonyl (C=O) groups excluding carboxylic acids is 1. The first kappa shape index (κ1) is 19.5. The van der Waals surface area contributed by atoms with E-state index in [9.17, 15) is 19.1 Å². The summed E-state index contributed by atoms with van der Waals surface area (Å²) in [6, 6.07) is 2.96. The van der Waals surface area contributed by atoms with Crippen molar-refractivity contribution in [2.75, 3.05) is 26.2 Å². The average molecular weight is 373 g/mol. The Hall–Kier alpha value is -1.86. The first-order valence-electron chi connectivity index (χ1n) is 7.98. The molecule has 0 aliphatic carbocycles. The third-order valence-corrected chi connectivity index (χ3v) is 4.11. The molecule has 0 aromatic heterocycles. The number of nitrogens with zero attached hydrogens (tertiary/aromatic N) is 2. The molecule has 0 saturated carbocycles. The van der Waals surface area contributed by atoms with Gasteiger partial charge in [0.2, 0.25) is 0 Å². The zero-order chi connectivity index (χ0) is 18.8. The third kappa shape index (κ3) is 5.06. The van der Waals surface area contributed by atoms with Gasteiger partial charge in [-0.3, -0.25) is 9.69 Å². The number of ether oxygens (including phenoxy) is 1. The molecule has 1 unspecified atom stereocenters. The van der Waals surface area contributed by atoms with Gasteiger partial charge >= 0.3 is 12.1 Å². The Labute approximate surface area is 151 Å². The number of carboxylic acid groups (broad SMARTS) is 1. The van der Waals surface area contributed by atoms with E-state index in [4.69, 9.17) is 16.3 Å². The van der Waals surface area contributed by atoms with Crippen LogP contribution in [-0.2, 0) is 9.53 Å². The number of amides is 1. The summed E-state index contributed by atoms with van der Waals surface area (Å²) in [4.78, 5) is 27.1. The second-order valence-electron chi connectivity index (χ2n) is 6.92. The summed E-state index contributed by atoms with van der Waals surface area (Å²) in [6.45, 7) is 6.82. The maximum atomic E-state index is 13.3. The van der Waals surface area contributed by atoms with Crippen LogP contribution in [0, 0.1) is 5.82 Å². The highest BCUT2D eigenvalue weighted by molar-refractivity contribution is 6.30. The zero-order valence-corrected chi connectivity index (χ0v) is 15.2. The predicted octanol–water partition coefficient (Wildman–Crippen LogP) is 3.16. The molecule has 1 amide bonds. The van der Waals surface area contributed by atoms with E-state index >= 15 is 0 Å². The van der Waals surface area contributed by atoms with E-state index in [1.807, 2.05) is 0 Å². The van der Waals surface area contributed by atoms with Gasteiger partial charge in [0.1, 0.15) is 17.5 Å². The van der Waals surface area contributed by atoms with Crippen molar-refractivity contribution in [3.63, 3.8) is 0 Å². The first-order valence-corrected chi connectivity index (χ1v) is 8.36. The van der Waals surface area contributed by atoms with E-state index in [-0.39, 0.29) is 5.02 Å². The molecule has 1 aliphatic rings. The summed E-state index contributed by atoms with van der Waals surface area (Å²) < 4.78 is 18.7. The number of rotatable bonds is 3. The molecule has 1 N–H and O–H groups in total. The van der Waals surface area contributed by atoms with Crippen LogP contribution in [0.1, 0.15) is 32.4 Å². The lowest BCUT2D eigenvalue weighted by molar-refractivity contribution is -0.144. The van der Waals surface area contributed by atoms with Crippen LogP contribution in [-0.4, -0.2) is 58.7 Å². The number of halogens is 2. The fourth-order valence-electron chi connectivity index (χ4n) is 2.68. The molecule has 138 valence electrons. The maximum absolute atomic E-state index is 13.3. The Morgan fingerprint density at radius 3 is 2.32 bits per heavy atom. The van der Waals surface area contributed by atoms with Crippen LogP contribution in [0.15, 0.2) is 18.2 Å². The van der Waals surface area contributed by atoms with Crippen molar-refractivity contribution in [3.8, 4) is 0 Å². The molecular weight excluding hydrogens is 351 g/mol. The number of piperazine rings is 1. The fourth-order valence-corrected chi connectivity index (χ4v) is 2.87. The first-order chi connectivity index (χ1) is 11.6. The molecule has 0 radical (unpaired) electrons. The minimum Gasteiger partial charge on any atom is -0.480 e. The Morgan fingerprint density at radius 2 is 1.84 bits per heavy atom. The minimum atomic E-state index is -1.05. The number of aliphatic carboxylic acids is 1. The quantitative estimate of drug-likeness (QED) is 0.882. The lowest BCUT2D eigenvalue weighted by Gasteiger charge is -2.38. The van der Waals surface area contributed by atoms with E-state index in [2.05, 4.69) is 0 Å². The van der Waals surface area contributed by atoms with Gasteiger partial charge < -0.3 is 14.7 Å². The lowest BCUT2D eigenvalue weighted by atomic mass is 10.0. The van der Waals surface area contributed by atoms with Crippen molar-refractivity contribution in [1.29, 1.82) is 0 Å². The van der Waals surface area contributed by atoms with Crippen molar-refractivity contribution in [1.82, 2.24) is 9.80 Å². The topological polar surface area (TPSA) is 70.1 Å². The van der Waals surface area contributed by atoms with E-state index in [0.717, 1.165) is 6.07 Å². The molecule has 0 spiro atoms. The number of hydrogen-bond donors (Lipinski definition) is 1. The minimum absolute atomic E-state index is 0.115. The number of benzene rings is 1. The van der Waals surface area contributed by atoms with Gasteiger partial charge in [-0.25, -0.2) is 9.18 Å². The van der Waals surface area contributed by atoms with Gasteiger partial charge in [0.15, 0.2) is 0 Å². The molecule has 25 heavy (non-hydrogen) atoms. The second kappa shape index (κ2) is 7.58. The molecule has 1 aromatic carbocycles. The van der Waals surface area contributed by atoms with Gasteiger partial charge in [0.05, 0.1) is 5.02 Å². The number of carbonyl (C=O) groups is 2. The van der Waals surface area contributed by atoms with Crippen molar-refractivity contribution < 1.29 is 23.8 Å². The third-order valence-electron chi connectivity index (χ3n) is 3.82. The van der Waals surface area contributed by atoms with E-state index in [1.165, 1.54) is 12.1 Å². The summed E-state index contributed by atoms with van der Waals surface area (Å²) in [5.41, 5.74) is -0.174. The fraction of sp³-hybridized carbons (Fsp3) is 0.529. The molecule has 1 fully saturated rings. The molecule has 1 aliphatic heterocycles. The van der Waals surface area contributed by atoms with Crippen LogP contribution in [0.4, 0.5) is 9.18 Å². The second-order valence-corrected chi connectivity index (χ2v) is 7.32. The molecule has 0 bridgehead atoms. The van der Waals surface area contributed by atoms with Crippen LogP contribution < -0.4 is 0 Å². The summed E-state index contributed by atoms with van der Waals surface area (Å²) in [7, 11) is 0. The smallest absolute Gasteiger partial charge is 0.410 e. The Morgan fingerprint density at radius 1 is 1.24 bits per heavy atom. The monoisotopic (exact) mass is 372 g/mol.